The van der Waals surface area contributed by atoms with E-state index in [0.717, 1.165) is 12.8 Å². The Balaban J connectivity index is 2.28. The number of amides is 1. The van der Waals surface area contributed by atoms with Crippen LogP contribution in [0.1, 0.15) is 60.1 Å². The molecule has 0 radical (unpaired) electrons. The molecule has 116 valence electrons. The van der Waals surface area contributed by atoms with Crippen LogP contribution >= 0.6 is 11.3 Å². The predicted molar refractivity (Wildman–Crippen MR) is 84.0 cm³/mol. The van der Waals surface area contributed by atoms with Gasteiger partial charge in [0.25, 0.3) is 5.91 Å². The fourth-order valence-corrected chi connectivity index (χ4v) is 4.02. The Bertz CT molecular complexity index is 524. The third-order valence-electron chi connectivity index (χ3n) is 4.22. The Hall–Kier alpha value is -1.36. The van der Waals surface area contributed by atoms with Crippen molar-refractivity contribution in [2.75, 3.05) is 6.54 Å². The highest BCUT2D eigenvalue weighted by molar-refractivity contribution is 7.14. The molecule has 0 unspecified atom stereocenters. The van der Waals surface area contributed by atoms with E-state index in [1.54, 1.807) is 25.2 Å². The van der Waals surface area contributed by atoms with Gasteiger partial charge in [-0.2, -0.15) is 0 Å². The largest absolute Gasteiger partial charge is 0.480 e. The van der Waals surface area contributed by atoms with Crippen molar-refractivity contribution in [1.82, 2.24) is 4.90 Å². The second-order valence-electron chi connectivity index (χ2n) is 6.03. The number of carboxylic acids is 1. The molecule has 21 heavy (non-hydrogen) atoms. The molecule has 1 aliphatic carbocycles. The minimum atomic E-state index is -1.19. The Labute approximate surface area is 129 Å². The fourth-order valence-electron chi connectivity index (χ4n) is 2.81. The summed E-state index contributed by atoms with van der Waals surface area (Å²) < 4.78 is 0. The van der Waals surface area contributed by atoms with E-state index >= 15 is 0 Å². The van der Waals surface area contributed by atoms with Crippen LogP contribution in [0.3, 0.4) is 0 Å². The number of hydrogen-bond donors (Lipinski definition) is 1. The van der Waals surface area contributed by atoms with Gasteiger partial charge in [-0.3, -0.25) is 4.79 Å². The number of rotatable bonds is 4. The summed E-state index contributed by atoms with van der Waals surface area (Å²) in [5, 5.41) is 9.35. The summed E-state index contributed by atoms with van der Waals surface area (Å²) in [6.07, 6.45) is 5.68. The maximum atomic E-state index is 12.7. The summed E-state index contributed by atoms with van der Waals surface area (Å²) in [4.78, 5) is 27.5. The van der Waals surface area contributed by atoms with E-state index in [-0.39, 0.29) is 5.91 Å². The van der Waals surface area contributed by atoms with Crippen LogP contribution in [0.5, 0.6) is 0 Å². The maximum Gasteiger partial charge on any atom is 0.329 e. The average molecular weight is 309 g/mol. The van der Waals surface area contributed by atoms with Crippen molar-refractivity contribution in [3.63, 3.8) is 0 Å². The van der Waals surface area contributed by atoms with E-state index in [4.69, 9.17) is 0 Å². The first-order valence-electron chi connectivity index (χ1n) is 7.55. The number of hydrogen-bond acceptors (Lipinski definition) is 3. The molecule has 1 aromatic rings. The lowest BCUT2D eigenvalue weighted by molar-refractivity contribution is -0.147. The number of aliphatic carboxylic acids is 1. The van der Waals surface area contributed by atoms with Crippen molar-refractivity contribution in [2.45, 2.75) is 58.4 Å². The fraction of sp³-hybridized carbons (Fsp3) is 0.625. The lowest BCUT2D eigenvalue weighted by Crippen LogP contribution is -2.52. The quantitative estimate of drug-likeness (QED) is 0.868. The van der Waals surface area contributed by atoms with Gasteiger partial charge in [-0.15, -0.1) is 11.3 Å². The van der Waals surface area contributed by atoms with Crippen LogP contribution in [0, 0.1) is 0 Å². The summed E-state index contributed by atoms with van der Waals surface area (Å²) in [6, 6.07) is 1.98. The van der Waals surface area contributed by atoms with Crippen LogP contribution in [-0.2, 0) is 17.6 Å². The first-order valence-corrected chi connectivity index (χ1v) is 8.36. The minimum absolute atomic E-state index is 0.164. The molecule has 4 nitrogen and oxygen atoms in total. The summed E-state index contributed by atoms with van der Waals surface area (Å²) in [6.45, 7) is 5.37. The molecule has 0 saturated heterocycles. The second-order valence-corrected chi connectivity index (χ2v) is 7.17. The molecular formula is C16H23NO3S. The van der Waals surface area contributed by atoms with Crippen molar-refractivity contribution in [3.8, 4) is 0 Å². The SMILES string of the molecule is CCN(C(=O)c1cc2c(s1)CCCCC2)C(C)(C)C(=O)O. The lowest BCUT2D eigenvalue weighted by atomic mass is 10.0. The number of thiophene rings is 1. The summed E-state index contributed by atoms with van der Waals surface area (Å²) in [5.74, 6) is -1.14. The molecule has 5 heteroatoms. The molecule has 0 spiro atoms. The van der Waals surface area contributed by atoms with Gasteiger partial charge in [-0.05, 0) is 58.1 Å². The average Bonchev–Trinajstić information content (AvgIpc) is 2.70. The zero-order valence-electron chi connectivity index (χ0n) is 12.9. The molecule has 0 atom stereocenters. The normalized spacial score (nSPS) is 15.2. The monoisotopic (exact) mass is 309 g/mol. The first kappa shape index (κ1) is 16.0. The zero-order valence-corrected chi connectivity index (χ0v) is 13.8. The van der Waals surface area contributed by atoms with Gasteiger partial charge in [0, 0.05) is 11.4 Å². The molecule has 2 rings (SSSR count). The van der Waals surface area contributed by atoms with Crippen molar-refractivity contribution in [2.24, 2.45) is 0 Å². The van der Waals surface area contributed by atoms with E-state index < -0.39 is 11.5 Å². The van der Waals surface area contributed by atoms with Gasteiger partial charge in [-0.25, -0.2) is 4.79 Å². The topological polar surface area (TPSA) is 57.6 Å². The zero-order chi connectivity index (χ0) is 15.6. The molecular weight excluding hydrogens is 286 g/mol. The number of fused-ring (bicyclic) bond motifs is 1. The molecule has 0 saturated carbocycles. The van der Waals surface area contributed by atoms with Gasteiger partial charge in [0.05, 0.1) is 4.88 Å². The minimum Gasteiger partial charge on any atom is -0.480 e. The first-order chi connectivity index (χ1) is 9.87. The van der Waals surface area contributed by atoms with Gasteiger partial charge in [0.2, 0.25) is 0 Å². The molecule has 0 aliphatic heterocycles. The van der Waals surface area contributed by atoms with Crippen molar-refractivity contribution in [3.05, 3.63) is 21.4 Å². The Morgan fingerprint density at radius 2 is 1.95 bits per heavy atom. The van der Waals surface area contributed by atoms with E-state index in [9.17, 15) is 14.7 Å². The van der Waals surface area contributed by atoms with Gasteiger partial charge in [0.15, 0.2) is 0 Å². The molecule has 1 N–H and O–H groups in total. The van der Waals surface area contributed by atoms with Crippen LogP contribution < -0.4 is 0 Å². The number of carbonyl (C=O) groups is 2. The molecule has 0 fully saturated rings. The van der Waals surface area contributed by atoms with Crippen LogP contribution in [-0.4, -0.2) is 34.0 Å². The Morgan fingerprint density at radius 1 is 1.29 bits per heavy atom. The third-order valence-corrected chi connectivity index (χ3v) is 5.44. The van der Waals surface area contributed by atoms with Crippen molar-refractivity contribution < 1.29 is 14.7 Å². The highest BCUT2D eigenvalue weighted by atomic mass is 32.1. The molecule has 0 aromatic carbocycles. The Kier molecular flexibility index (Phi) is 4.71. The summed E-state index contributed by atoms with van der Waals surface area (Å²) >= 11 is 1.54. The highest BCUT2D eigenvalue weighted by Crippen LogP contribution is 2.31. The molecule has 1 amide bonds. The van der Waals surface area contributed by atoms with Crippen LogP contribution in [0.25, 0.3) is 0 Å². The molecule has 1 aliphatic rings. The van der Waals surface area contributed by atoms with Gasteiger partial charge in [-0.1, -0.05) is 6.42 Å². The standard InChI is InChI=1S/C16H23NO3S/c1-4-17(16(2,3)15(19)20)14(18)13-10-11-8-6-5-7-9-12(11)21-13/h10H,4-9H2,1-3H3,(H,19,20). The molecule has 1 heterocycles. The van der Waals surface area contributed by atoms with Gasteiger partial charge >= 0.3 is 5.97 Å². The molecule has 1 aromatic heterocycles. The number of likely N-dealkylation sites (N-methyl/N-ethyl adjacent to an activating group) is 1. The number of carbonyl (C=O) groups excluding carboxylic acids is 1. The lowest BCUT2D eigenvalue weighted by Gasteiger charge is -2.33. The van der Waals surface area contributed by atoms with Crippen LogP contribution in [0.15, 0.2) is 6.07 Å². The van der Waals surface area contributed by atoms with Crippen LogP contribution in [0.2, 0.25) is 0 Å². The summed E-state index contributed by atoms with van der Waals surface area (Å²) in [5.41, 5.74) is 0.0952. The smallest absolute Gasteiger partial charge is 0.329 e. The number of carboxylic acid groups (broad SMARTS) is 1. The maximum absolute atomic E-state index is 12.7. The van der Waals surface area contributed by atoms with Crippen molar-refractivity contribution >= 4 is 23.2 Å². The number of nitrogens with zero attached hydrogens (tertiary/aromatic N) is 1. The van der Waals surface area contributed by atoms with E-state index in [1.165, 1.54) is 34.6 Å². The van der Waals surface area contributed by atoms with Gasteiger partial charge in [0.1, 0.15) is 5.54 Å². The summed E-state index contributed by atoms with van der Waals surface area (Å²) in [7, 11) is 0. The second kappa shape index (κ2) is 6.18. The Morgan fingerprint density at radius 3 is 2.57 bits per heavy atom. The van der Waals surface area contributed by atoms with Gasteiger partial charge < -0.3 is 10.0 Å². The molecule has 0 bridgehead atoms. The van der Waals surface area contributed by atoms with Crippen LogP contribution in [0.4, 0.5) is 0 Å². The van der Waals surface area contributed by atoms with E-state index in [0.29, 0.717) is 11.4 Å². The van der Waals surface area contributed by atoms with E-state index in [2.05, 4.69) is 0 Å². The predicted octanol–water partition coefficient (Wildman–Crippen LogP) is 3.34. The number of aryl methyl sites for hydroxylation is 2. The van der Waals surface area contributed by atoms with E-state index in [1.807, 2.05) is 13.0 Å². The van der Waals surface area contributed by atoms with Crippen molar-refractivity contribution in [1.29, 1.82) is 0 Å². The third kappa shape index (κ3) is 3.12. The highest BCUT2D eigenvalue weighted by Gasteiger charge is 2.37.